The summed E-state index contributed by atoms with van der Waals surface area (Å²) in [5, 5.41) is 0. The van der Waals surface area contributed by atoms with Crippen molar-refractivity contribution in [3.63, 3.8) is 0 Å². The molecule has 1 fully saturated rings. The Balaban J connectivity index is 2.18. The minimum Gasteiger partial charge on any atom is -0.356 e. The molecule has 3 rings (SSSR count). The molecule has 0 unspecified atom stereocenters. The van der Waals surface area contributed by atoms with Gasteiger partial charge in [0.2, 0.25) is 5.95 Å². The summed E-state index contributed by atoms with van der Waals surface area (Å²) in [7, 11) is 0. The summed E-state index contributed by atoms with van der Waals surface area (Å²) in [6.07, 6.45) is 3.20. The Kier molecular flexibility index (Phi) is 3.91. The van der Waals surface area contributed by atoms with Crippen molar-refractivity contribution < 1.29 is 4.39 Å². The van der Waals surface area contributed by atoms with E-state index in [-0.39, 0.29) is 5.95 Å². The van der Waals surface area contributed by atoms with Gasteiger partial charge in [-0.05, 0) is 42.9 Å². The van der Waals surface area contributed by atoms with Crippen molar-refractivity contribution in [3.05, 3.63) is 47.4 Å². The van der Waals surface area contributed by atoms with E-state index in [4.69, 9.17) is 0 Å². The van der Waals surface area contributed by atoms with Gasteiger partial charge >= 0.3 is 0 Å². The smallest absolute Gasteiger partial charge is 0.215 e. The maximum atomic E-state index is 14.1. The number of aryl methyl sites for hydroxylation is 1. The second kappa shape index (κ2) is 5.84. The summed E-state index contributed by atoms with van der Waals surface area (Å²) in [6.45, 7) is 6.16. The number of nitrogens with zero attached hydrogens (tertiary/aromatic N) is 2. The van der Waals surface area contributed by atoms with Crippen LogP contribution < -0.4 is 4.90 Å². The fourth-order valence-electron chi connectivity index (χ4n) is 3.18. The molecule has 1 aliphatic heterocycles. The van der Waals surface area contributed by atoms with Crippen LogP contribution in [0.5, 0.6) is 0 Å². The highest BCUT2D eigenvalue weighted by atomic mass is 19.1. The number of rotatable bonds is 3. The number of halogens is 1. The van der Waals surface area contributed by atoms with E-state index in [0.717, 1.165) is 42.0 Å². The number of aromatic nitrogens is 1. The van der Waals surface area contributed by atoms with Crippen LogP contribution in [-0.2, 0) is 6.42 Å². The predicted molar refractivity (Wildman–Crippen MR) is 85.2 cm³/mol. The van der Waals surface area contributed by atoms with Crippen LogP contribution in [0.4, 0.5) is 10.2 Å². The molecule has 2 heterocycles. The van der Waals surface area contributed by atoms with Gasteiger partial charge in [0.1, 0.15) is 5.82 Å². The molecule has 1 saturated heterocycles. The topological polar surface area (TPSA) is 16.1 Å². The van der Waals surface area contributed by atoms with Crippen LogP contribution in [0.3, 0.4) is 0 Å². The highest BCUT2D eigenvalue weighted by Crippen LogP contribution is 2.34. The van der Waals surface area contributed by atoms with Gasteiger partial charge in [-0.1, -0.05) is 31.2 Å². The van der Waals surface area contributed by atoms with Crippen LogP contribution in [-0.4, -0.2) is 18.1 Å². The molecule has 0 atom stereocenters. The third-order valence-corrected chi connectivity index (χ3v) is 4.27. The summed E-state index contributed by atoms with van der Waals surface area (Å²) in [6, 6.07) is 9.75. The molecule has 0 radical (unpaired) electrons. The quantitative estimate of drug-likeness (QED) is 0.779. The molecule has 21 heavy (non-hydrogen) atoms. The van der Waals surface area contributed by atoms with Gasteiger partial charge < -0.3 is 4.90 Å². The number of hydrogen-bond acceptors (Lipinski definition) is 2. The van der Waals surface area contributed by atoms with E-state index in [1.807, 2.05) is 12.1 Å². The molecular formula is C18H21FN2. The van der Waals surface area contributed by atoms with Gasteiger partial charge in [0.25, 0.3) is 0 Å². The summed E-state index contributed by atoms with van der Waals surface area (Å²) in [5.74, 6) is 0.459. The Bertz CT molecular complexity index is 646. The number of benzene rings is 1. The molecule has 110 valence electrons. The standard InChI is InChI=1S/C18H21FN2/c1-3-14-16(15-9-5-4-8-13(15)2)12-17(19)20-18(14)21-10-6-7-11-21/h4-5,8-9,12H,3,6-7,10-11H2,1-2H3. The maximum absolute atomic E-state index is 14.1. The summed E-state index contributed by atoms with van der Waals surface area (Å²) >= 11 is 0. The van der Waals surface area contributed by atoms with Gasteiger partial charge in [0, 0.05) is 24.7 Å². The van der Waals surface area contributed by atoms with Crippen LogP contribution in [0.15, 0.2) is 30.3 Å². The van der Waals surface area contributed by atoms with Crippen molar-refractivity contribution in [2.24, 2.45) is 0 Å². The van der Waals surface area contributed by atoms with Gasteiger partial charge in [-0.25, -0.2) is 4.98 Å². The largest absolute Gasteiger partial charge is 0.356 e. The number of hydrogen-bond donors (Lipinski definition) is 0. The molecule has 1 aromatic carbocycles. The second-order valence-electron chi connectivity index (χ2n) is 5.66. The van der Waals surface area contributed by atoms with E-state index in [2.05, 4.69) is 35.9 Å². The molecule has 0 bridgehead atoms. The molecule has 2 aromatic rings. The molecule has 1 aliphatic rings. The Hall–Kier alpha value is -1.90. The van der Waals surface area contributed by atoms with E-state index in [0.29, 0.717) is 0 Å². The van der Waals surface area contributed by atoms with Gasteiger partial charge in [0.05, 0.1) is 0 Å². The zero-order valence-corrected chi connectivity index (χ0v) is 12.7. The average Bonchev–Trinajstić information content (AvgIpc) is 3.01. The molecule has 0 spiro atoms. The first-order valence-corrected chi connectivity index (χ1v) is 7.71. The lowest BCUT2D eigenvalue weighted by Crippen LogP contribution is -2.21. The first kappa shape index (κ1) is 14.1. The third kappa shape index (κ3) is 2.65. The van der Waals surface area contributed by atoms with Crippen molar-refractivity contribution in [2.75, 3.05) is 18.0 Å². The lowest BCUT2D eigenvalue weighted by molar-refractivity contribution is 0.581. The highest BCUT2D eigenvalue weighted by molar-refractivity contribution is 5.75. The predicted octanol–water partition coefficient (Wildman–Crippen LogP) is 4.36. The minimum absolute atomic E-state index is 0.382. The molecule has 0 saturated carbocycles. The minimum atomic E-state index is -0.382. The fourth-order valence-corrected chi connectivity index (χ4v) is 3.18. The normalized spacial score (nSPS) is 14.7. The molecule has 3 heteroatoms. The summed E-state index contributed by atoms with van der Waals surface area (Å²) < 4.78 is 14.1. The van der Waals surface area contributed by atoms with Crippen LogP contribution >= 0.6 is 0 Å². The van der Waals surface area contributed by atoms with Crippen molar-refractivity contribution in [1.82, 2.24) is 4.98 Å². The van der Waals surface area contributed by atoms with Crippen molar-refractivity contribution >= 4 is 5.82 Å². The van der Waals surface area contributed by atoms with E-state index < -0.39 is 0 Å². The first-order valence-electron chi connectivity index (χ1n) is 7.71. The van der Waals surface area contributed by atoms with Crippen LogP contribution in [0.1, 0.15) is 30.9 Å². The maximum Gasteiger partial charge on any atom is 0.215 e. The van der Waals surface area contributed by atoms with Crippen molar-refractivity contribution in [1.29, 1.82) is 0 Å². The zero-order valence-electron chi connectivity index (χ0n) is 12.7. The average molecular weight is 284 g/mol. The summed E-state index contributed by atoms with van der Waals surface area (Å²) in [4.78, 5) is 6.43. The fraction of sp³-hybridized carbons (Fsp3) is 0.389. The Morgan fingerprint density at radius 2 is 1.86 bits per heavy atom. The molecular weight excluding hydrogens is 263 g/mol. The van der Waals surface area contributed by atoms with Gasteiger partial charge in [-0.3, -0.25) is 0 Å². The van der Waals surface area contributed by atoms with Gasteiger partial charge in [-0.2, -0.15) is 4.39 Å². The van der Waals surface area contributed by atoms with Crippen molar-refractivity contribution in [2.45, 2.75) is 33.1 Å². The zero-order chi connectivity index (χ0) is 14.8. The number of pyridine rings is 1. The molecule has 1 aromatic heterocycles. The van der Waals surface area contributed by atoms with Gasteiger partial charge in [0.15, 0.2) is 0 Å². The SMILES string of the molecule is CCc1c(-c2ccccc2C)cc(F)nc1N1CCCC1. The third-order valence-electron chi connectivity index (χ3n) is 4.27. The Labute approximate surface area is 125 Å². The molecule has 0 amide bonds. The summed E-state index contributed by atoms with van der Waals surface area (Å²) in [5.41, 5.74) is 4.43. The molecule has 0 aliphatic carbocycles. The Morgan fingerprint density at radius 1 is 1.14 bits per heavy atom. The van der Waals surface area contributed by atoms with Crippen LogP contribution in [0.2, 0.25) is 0 Å². The lowest BCUT2D eigenvalue weighted by Gasteiger charge is -2.22. The van der Waals surface area contributed by atoms with E-state index in [1.54, 1.807) is 6.07 Å². The number of anilines is 1. The molecule has 2 nitrogen and oxygen atoms in total. The first-order chi connectivity index (χ1) is 10.2. The van der Waals surface area contributed by atoms with E-state index in [1.165, 1.54) is 18.4 Å². The monoisotopic (exact) mass is 284 g/mol. The second-order valence-corrected chi connectivity index (χ2v) is 5.66. The van der Waals surface area contributed by atoms with E-state index >= 15 is 0 Å². The Morgan fingerprint density at radius 3 is 2.52 bits per heavy atom. The van der Waals surface area contributed by atoms with E-state index in [9.17, 15) is 4.39 Å². The van der Waals surface area contributed by atoms with Crippen LogP contribution in [0, 0.1) is 12.9 Å². The van der Waals surface area contributed by atoms with Crippen LogP contribution in [0.25, 0.3) is 11.1 Å². The molecule has 0 N–H and O–H groups in total. The highest BCUT2D eigenvalue weighted by Gasteiger charge is 2.21. The van der Waals surface area contributed by atoms with Crippen molar-refractivity contribution in [3.8, 4) is 11.1 Å². The lowest BCUT2D eigenvalue weighted by atomic mass is 9.95. The van der Waals surface area contributed by atoms with Gasteiger partial charge in [-0.15, -0.1) is 0 Å².